The van der Waals surface area contributed by atoms with Crippen molar-refractivity contribution >= 4 is 45.6 Å². The topological polar surface area (TPSA) is 110 Å². The first-order chi connectivity index (χ1) is 11.9. The second-order valence-electron chi connectivity index (χ2n) is 4.98. The molecule has 25 heavy (non-hydrogen) atoms. The highest BCUT2D eigenvalue weighted by atomic mass is 32.2. The van der Waals surface area contributed by atoms with Crippen LogP contribution in [-0.4, -0.2) is 63.8 Å². The highest BCUT2D eigenvalue weighted by Crippen LogP contribution is 2.17. The van der Waals surface area contributed by atoms with Crippen LogP contribution >= 0.6 is 11.8 Å². The van der Waals surface area contributed by atoms with Crippen LogP contribution in [0.3, 0.4) is 0 Å². The maximum atomic E-state index is 12.0. The molecule has 1 aromatic carbocycles. The molecular weight excluding hydrogens is 368 g/mol. The van der Waals surface area contributed by atoms with Gasteiger partial charge in [0.05, 0.1) is 27.0 Å². The van der Waals surface area contributed by atoms with Crippen LogP contribution in [0.2, 0.25) is 0 Å². The first-order valence-corrected chi connectivity index (χ1v) is 9.78. The summed E-state index contributed by atoms with van der Waals surface area (Å²) < 4.78 is 16.5. The van der Waals surface area contributed by atoms with E-state index < -0.39 is 29.3 Å². The van der Waals surface area contributed by atoms with Crippen molar-refractivity contribution in [3.63, 3.8) is 0 Å². The van der Waals surface area contributed by atoms with Gasteiger partial charge in [-0.25, -0.2) is 4.79 Å². The van der Waals surface area contributed by atoms with Gasteiger partial charge in [0.1, 0.15) is 0 Å². The van der Waals surface area contributed by atoms with Crippen LogP contribution in [0, 0.1) is 0 Å². The SMILES string of the molecule is C[S@@](=O)c1ccccc1C(=O)OCC(=O)NCCN1C(=O)CSC1=O. The third-order valence-corrected chi connectivity index (χ3v) is 5.08. The number of nitrogens with one attached hydrogen (secondary N) is 1. The average molecular weight is 384 g/mol. The molecule has 0 saturated carbocycles. The molecule has 0 aliphatic carbocycles. The molecule has 2 rings (SSSR count). The van der Waals surface area contributed by atoms with E-state index >= 15 is 0 Å². The molecule has 8 nitrogen and oxygen atoms in total. The van der Waals surface area contributed by atoms with Crippen LogP contribution in [0.1, 0.15) is 10.4 Å². The molecule has 3 amide bonds. The Morgan fingerprint density at radius 3 is 2.68 bits per heavy atom. The normalized spacial score (nSPS) is 15.2. The molecular formula is C15H16N2O6S2. The predicted octanol–water partition coefficient (Wildman–Crippen LogP) is 0.392. The summed E-state index contributed by atoms with van der Waals surface area (Å²) in [6, 6.07) is 6.28. The maximum Gasteiger partial charge on any atom is 0.339 e. The summed E-state index contributed by atoms with van der Waals surface area (Å²) in [6.45, 7) is -0.369. The van der Waals surface area contributed by atoms with Crippen LogP contribution in [0.25, 0.3) is 0 Å². The molecule has 1 atom stereocenters. The van der Waals surface area contributed by atoms with Crippen LogP contribution in [-0.2, 0) is 25.1 Å². The Balaban J connectivity index is 1.78. The predicted molar refractivity (Wildman–Crippen MR) is 91.6 cm³/mol. The molecule has 1 fully saturated rings. The molecule has 1 aliphatic rings. The molecule has 0 spiro atoms. The number of carbonyl (C=O) groups excluding carboxylic acids is 4. The Hall–Kier alpha value is -2.20. The molecule has 10 heteroatoms. The van der Waals surface area contributed by atoms with E-state index in [4.69, 9.17) is 4.74 Å². The number of amides is 3. The summed E-state index contributed by atoms with van der Waals surface area (Å²) in [6.07, 6.45) is 1.44. The van der Waals surface area contributed by atoms with Crippen molar-refractivity contribution in [2.24, 2.45) is 0 Å². The zero-order valence-corrected chi connectivity index (χ0v) is 15.0. The monoisotopic (exact) mass is 384 g/mol. The largest absolute Gasteiger partial charge is 0.452 e. The zero-order valence-electron chi connectivity index (χ0n) is 13.4. The van der Waals surface area contributed by atoms with Crippen LogP contribution in [0.5, 0.6) is 0 Å². The number of hydrogen-bond donors (Lipinski definition) is 1. The molecule has 0 radical (unpaired) electrons. The van der Waals surface area contributed by atoms with E-state index in [2.05, 4.69) is 5.32 Å². The lowest BCUT2D eigenvalue weighted by molar-refractivity contribution is -0.126. The molecule has 1 saturated heterocycles. The molecule has 0 unspecified atom stereocenters. The second kappa shape index (κ2) is 8.77. The highest BCUT2D eigenvalue weighted by molar-refractivity contribution is 8.14. The van der Waals surface area contributed by atoms with E-state index in [-0.39, 0.29) is 35.6 Å². The Labute approximate surface area is 150 Å². The van der Waals surface area contributed by atoms with E-state index in [1.165, 1.54) is 12.3 Å². The number of carbonyl (C=O) groups is 4. The lowest BCUT2D eigenvalue weighted by atomic mass is 10.2. The minimum absolute atomic E-state index is 0.0714. The van der Waals surface area contributed by atoms with Gasteiger partial charge >= 0.3 is 5.97 Å². The van der Waals surface area contributed by atoms with Gasteiger partial charge in [-0.15, -0.1) is 0 Å². The first kappa shape index (κ1) is 19.1. The number of esters is 1. The third-order valence-electron chi connectivity index (χ3n) is 3.25. The molecule has 1 aliphatic heterocycles. The van der Waals surface area contributed by atoms with Gasteiger partial charge in [0.2, 0.25) is 5.91 Å². The van der Waals surface area contributed by atoms with Crippen molar-refractivity contribution < 1.29 is 28.1 Å². The Kier molecular flexibility index (Phi) is 6.71. The summed E-state index contributed by atoms with van der Waals surface area (Å²) in [5.74, 6) is -1.49. The molecule has 0 aromatic heterocycles. The summed E-state index contributed by atoms with van der Waals surface area (Å²) in [5, 5.41) is 2.13. The molecule has 1 N–H and O–H groups in total. The number of hydrogen-bond acceptors (Lipinski definition) is 7. The van der Waals surface area contributed by atoms with Gasteiger partial charge in [-0.3, -0.25) is 23.5 Å². The Morgan fingerprint density at radius 2 is 2.04 bits per heavy atom. The molecule has 1 aromatic rings. The Bertz CT molecular complexity index is 720. The van der Waals surface area contributed by atoms with Crippen molar-refractivity contribution in [2.45, 2.75) is 4.90 Å². The number of nitrogens with zero attached hydrogens (tertiary/aromatic N) is 1. The number of benzene rings is 1. The average Bonchev–Trinajstić information content (AvgIpc) is 2.91. The molecule has 134 valence electrons. The third kappa shape index (κ3) is 5.13. The van der Waals surface area contributed by atoms with Gasteiger partial charge < -0.3 is 10.1 Å². The maximum absolute atomic E-state index is 12.0. The number of ether oxygens (including phenoxy) is 1. The van der Waals surface area contributed by atoms with Gasteiger partial charge in [-0.2, -0.15) is 0 Å². The van der Waals surface area contributed by atoms with Crippen molar-refractivity contribution in [3.05, 3.63) is 29.8 Å². The fourth-order valence-electron chi connectivity index (χ4n) is 2.05. The van der Waals surface area contributed by atoms with E-state index in [1.807, 2.05) is 0 Å². The summed E-state index contributed by atoms with van der Waals surface area (Å²) in [7, 11) is -1.36. The van der Waals surface area contributed by atoms with Gasteiger partial charge in [-0.1, -0.05) is 23.9 Å². The van der Waals surface area contributed by atoms with Crippen LogP contribution < -0.4 is 5.32 Å². The van der Waals surface area contributed by atoms with Crippen molar-refractivity contribution in [2.75, 3.05) is 31.7 Å². The molecule has 1 heterocycles. The van der Waals surface area contributed by atoms with Gasteiger partial charge in [0.25, 0.3) is 11.1 Å². The van der Waals surface area contributed by atoms with E-state index in [1.54, 1.807) is 18.2 Å². The smallest absolute Gasteiger partial charge is 0.339 e. The van der Waals surface area contributed by atoms with Gasteiger partial charge in [0.15, 0.2) is 6.61 Å². The number of rotatable bonds is 7. The van der Waals surface area contributed by atoms with Gasteiger partial charge in [0, 0.05) is 19.3 Å². The van der Waals surface area contributed by atoms with Crippen molar-refractivity contribution in [1.29, 1.82) is 0 Å². The van der Waals surface area contributed by atoms with E-state index in [9.17, 15) is 23.4 Å². The lowest BCUT2D eigenvalue weighted by Crippen LogP contribution is -2.38. The minimum Gasteiger partial charge on any atom is -0.452 e. The second-order valence-corrected chi connectivity index (χ2v) is 7.25. The molecule has 0 bridgehead atoms. The van der Waals surface area contributed by atoms with Crippen molar-refractivity contribution in [1.82, 2.24) is 10.2 Å². The fourth-order valence-corrected chi connectivity index (χ4v) is 3.53. The van der Waals surface area contributed by atoms with Crippen LogP contribution in [0.4, 0.5) is 4.79 Å². The zero-order chi connectivity index (χ0) is 18.4. The standard InChI is InChI=1S/C15H16N2O6S2/c1-25(22)11-5-3-2-4-10(11)14(20)23-8-12(18)16-6-7-17-13(19)9-24-15(17)21/h2-5H,6-9H2,1H3,(H,16,18)/t25-/m1/s1. The highest BCUT2D eigenvalue weighted by Gasteiger charge is 2.29. The van der Waals surface area contributed by atoms with E-state index in [0.717, 1.165) is 16.7 Å². The van der Waals surface area contributed by atoms with Gasteiger partial charge in [-0.05, 0) is 12.1 Å². The number of imide groups is 1. The minimum atomic E-state index is -1.36. The first-order valence-electron chi connectivity index (χ1n) is 7.23. The van der Waals surface area contributed by atoms with E-state index in [0.29, 0.717) is 4.90 Å². The fraction of sp³-hybridized carbons (Fsp3) is 0.333. The summed E-state index contributed by atoms with van der Waals surface area (Å²) in [5.41, 5.74) is 0.140. The Morgan fingerprint density at radius 1 is 1.32 bits per heavy atom. The van der Waals surface area contributed by atoms with Crippen molar-refractivity contribution in [3.8, 4) is 0 Å². The van der Waals surface area contributed by atoms with Crippen LogP contribution in [0.15, 0.2) is 29.2 Å². The number of thioether (sulfide) groups is 1. The lowest BCUT2D eigenvalue weighted by Gasteiger charge is -2.13. The summed E-state index contributed by atoms with van der Waals surface area (Å²) in [4.78, 5) is 47.9. The quantitative estimate of drug-likeness (QED) is 0.677. The summed E-state index contributed by atoms with van der Waals surface area (Å²) >= 11 is 0.918.